The minimum Gasteiger partial charge on any atom is -0.264 e. The average Bonchev–Trinajstić information content (AvgIpc) is 3.34. The van der Waals surface area contributed by atoms with Gasteiger partial charge in [0.05, 0.1) is 11.4 Å². The van der Waals surface area contributed by atoms with Crippen molar-refractivity contribution in [1.82, 2.24) is 15.0 Å². The predicted molar refractivity (Wildman–Crippen MR) is 185 cm³/mol. The van der Waals surface area contributed by atoms with Gasteiger partial charge in [-0.1, -0.05) is 129 Å². The first kappa shape index (κ1) is 26.9. The number of benzene rings is 5. The van der Waals surface area contributed by atoms with Gasteiger partial charge in [0.25, 0.3) is 0 Å². The van der Waals surface area contributed by atoms with Crippen LogP contribution in [0.2, 0.25) is 0 Å². The van der Waals surface area contributed by atoms with E-state index < -0.39 is 0 Å². The molecule has 45 heavy (non-hydrogen) atoms. The molecule has 0 atom stereocenters. The standard InChI is InChI=1S/C42H31N3/c1-42(2)37-16-7-6-15-35(37)36-22-21-32(25-38(36)42)40-26-39(30-19-17-29(18-20-30)34-14-9-23-43-27-34)44-41(45-40)33-13-8-12-31(24-33)28-10-4-3-5-11-28/h3-27H,1-2H3. The molecule has 3 heteroatoms. The van der Waals surface area contributed by atoms with Crippen molar-refractivity contribution >= 4 is 0 Å². The number of pyridine rings is 1. The van der Waals surface area contributed by atoms with Gasteiger partial charge in [0.2, 0.25) is 0 Å². The molecule has 0 bridgehead atoms. The lowest BCUT2D eigenvalue weighted by Gasteiger charge is -2.22. The Morgan fingerprint density at radius 2 is 1.04 bits per heavy atom. The predicted octanol–water partition coefficient (Wildman–Crippen LogP) is 10.5. The summed E-state index contributed by atoms with van der Waals surface area (Å²) in [5, 5.41) is 0. The fourth-order valence-corrected chi connectivity index (χ4v) is 6.57. The van der Waals surface area contributed by atoms with Gasteiger partial charge in [-0.15, -0.1) is 0 Å². The van der Waals surface area contributed by atoms with Crippen LogP contribution in [0, 0.1) is 0 Å². The van der Waals surface area contributed by atoms with E-state index in [2.05, 4.69) is 146 Å². The molecule has 5 aromatic carbocycles. The first-order valence-electron chi connectivity index (χ1n) is 15.4. The van der Waals surface area contributed by atoms with Gasteiger partial charge >= 0.3 is 0 Å². The van der Waals surface area contributed by atoms with Gasteiger partial charge in [-0.3, -0.25) is 4.98 Å². The second-order valence-electron chi connectivity index (χ2n) is 12.2. The SMILES string of the molecule is CC1(C)c2ccccc2-c2ccc(-c3cc(-c4ccc(-c5cccnc5)cc4)nc(-c4cccc(-c5ccccc5)c4)n3)cc21. The van der Waals surface area contributed by atoms with Crippen LogP contribution < -0.4 is 0 Å². The summed E-state index contributed by atoms with van der Waals surface area (Å²) in [5.41, 5.74) is 14.7. The average molecular weight is 578 g/mol. The van der Waals surface area contributed by atoms with Gasteiger partial charge in [0.1, 0.15) is 0 Å². The Balaban J connectivity index is 1.27. The summed E-state index contributed by atoms with van der Waals surface area (Å²) in [6.45, 7) is 4.63. The third kappa shape index (κ3) is 4.83. The molecule has 0 spiro atoms. The molecule has 0 saturated carbocycles. The van der Waals surface area contributed by atoms with Crippen molar-refractivity contribution in [3.8, 4) is 67.3 Å². The second kappa shape index (κ2) is 10.8. The highest BCUT2D eigenvalue weighted by Gasteiger charge is 2.35. The van der Waals surface area contributed by atoms with E-state index in [0.717, 1.165) is 44.8 Å². The number of nitrogens with zero attached hydrogens (tertiary/aromatic N) is 3. The second-order valence-corrected chi connectivity index (χ2v) is 12.2. The fourth-order valence-electron chi connectivity index (χ4n) is 6.57. The number of rotatable bonds is 5. The molecule has 0 saturated heterocycles. The van der Waals surface area contributed by atoms with Crippen LogP contribution in [0.4, 0.5) is 0 Å². The zero-order valence-corrected chi connectivity index (χ0v) is 25.3. The quantitative estimate of drug-likeness (QED) is 0.204. The molecule has 0 amide bonds. The van der Waals surface area contributed by atoms with Crippen LogP contribution in [-0.2, 0) is 5.41 Å². The maximum Gasteiger partial charge on any atom is 0.160 e. The van der Waals surface area contributed by atoms with Crippen LogP contribution in [0.5, 0.6) is 0 Å². The van der Waals surface area contributed by atoms with Crippen molar-refractivity contribution in [2.75, 3.05) is 0 Å². The topological polar surface area (TPSA) is 38.7 Å². The lowest BCUT2D eigenvalue weighted by molar-refractivity contribution is 0.660. The molecule has 7 aromatic rings. The van der Waals surface area contributed by atoms with Crippen molar-refractivity contribution in [2.24, 2.45) is 0 Å². The summed E-state index contributed by atoms with van der Waals surface area (Å²) >= 11 is 0. The van der Waals surface area contributed by atoms with Crippen LogP contribution in [0.1, 0.15) is 25.0 Å². The lowest BCUT2D eigenvalue weighted by atomic mass is 9.82. The van der Waals surface area contributed by atoms with Crippen molar-refractivity contribution in [3.63, 3.8) is 0 Å². The van der Waals surface area contributed by atoms with Crippen molar-refractivity contribution in [1.29, 1.82) is 0 Å². The third-order valence-electron chi connectivity index (χ3n) is 9.01. The molecule has 8 rings (SSSR count). The summed E-state index contributed by atoms with van der Waals surface area (Å²) in [5.74, 6) is 0.708. The number of hydrogen-bond acceptors (Lipinski definition) is 3. The summed E-state index contributed by atoms with van der Waals surface area (Å²) in [6.07, 6.45) is 3.69. The van der Waals surface area contributed by atoms with E-state index >= 15 is 0 Å². The molecule has 0 radical (unpaired) electrons. The Hall–Kier alpha value is -5.67. The molecule has 0 aliphatic heterocycles. The van der Waals surface area contributed by atoms with Gasteiger partial charge in [-0.05, 0) is 68.8 Å². The molecule has 214 valence electrons. The van der Waals surface area contributed by atoms with Crippen molar-refractivity contribution in [3.05, 3.63) is 163 Å². The maximum atomic E-state index is 5.20. The number of aromatic nitrogens is 3. The normalized spacial score (nSPS) is 12.8. The van der Waals surface area contributed by atoms with Gasteiger partial charge < -0.3 is 0 Å². The summed E-state index contributed by atoms with van der Waals surface area (Å²) in [4.78, 5) is 14.6. The molecular weight excluding hydrogens is 546 g/mol. The molecular formula is C42H31N3. The first-order chi connectivity index (χ1) is 22.0. The van der Waals surface area contributed by atoms with E-state index in [4.69, 9.17) is 9.97 Å². The van der Waals surface area contributed by atoms with E-state index in [9.17, 15) is 0 Å². The number of fused-ring (bicyclic) bond motifs is 3. The smallest absolute Gasteiger partial charge is 0.160 e. The van der Waals surface area contributed by atoms with E-state index in [1.54, 1.807) is 6.20 Å². The highest BCUT2D eigenvalue weighted by Crippen LogP contribution is 2.49. The van der Waals surface area contributed by atoms with Crippen LogP contribution in [0.3, 0.4) is 0 Å². The Bertz CT molecular complexity index is 2170. The monoisotopic (exact) mass is 577 g/mol. The Kier molecular flexibility index (Phi) is 6.46. The minimum atomic E-state index is -0.0905. The van der Waals surface area contributed by atoms with Crippen molar-refractivity contribution in [2.45, 2.75) is 19.3 Å². The summed E-state index contributed by atoms with van der Waals surface area (Å²) < 4.78 is 0. The van der Waals surface area contributed by atoms with Crippen LogP contribution in [0.25, 0.3) is 67.3 Å². The molecule has 1 aliphatic carbocycles. The molecule has 3 nitrogen and oxygen atoms in total. The van der Waals surface area contributed by atoms with Crippen molar-refractivity contribution < 1.29 is 0 Å². The molecule has 1 aliphatic rings. The third-order valence-corrected chi connectivity index (χ3v) is 9.01. The fraction of sp³-hybridized carbons (Fsp3) is 0.0714. The van der Waals surface area contributed by atoms with Gasteiger partial charge in [0.15, 0.2) is 5.82 Å². The van der Waals surface area contributed by atoms with E-state index in [1.807, 2.05) is 18.3 Å². The zero-order chi connectivity index (χ0) is 30.4. The molecule has 0 unspecified atom stereocenters. The summed E-state index contributed by atoms with van der Waals surface area (Å²) in [6, 6.07) is 49.2. The van der Waals surface area contributed by atoms with Gasteiger partial charge in [0, 0.05) is 34.5 Å². The molecule has 0 fully saturated rings. The molecule has 2 heterocycles. The zero-order valence-electron chi connectivity index (χ0n) is 25.3. The number of hydrogen-bond donors (Lipinski definition) is 0. The largest absolute Gasteiger partial charge is 0.264 e. The summed E-state index contributed by atoms with van der Waals surface area (Å²) in [7, 11) is 0. The van der Waals surface area contributed by atoms with E-state index in [0.29, 0.717) is 5.82 Å². The molecule has 0 N–H and O–H groups in total. The highest BCUT2D eigenvalue weighted by atomic mass is 14.9. The highest BCUT2D eigenvalue weighted by molar-refractivity contribution is 5.84. The van der Waals surface area contributed by atoms with E-state index in [1.165, 1.54) is 27.8 Å². The Morgan fingerprint density at radius 1 is 0.422 bits per heavy atom. The van der Waals surface area contributed by atoms with Crippen LogP contribution >= 0.6 is 0 Å². The van der Waals surface area contributed by atoms with E-state index in [-0.39, 0.29) is 5.41 Å². The maximum absolute atomic E-state index is 5.20. The van der Waals surface area contributed by atoms with Crippen LogP contribution in [0.15, 0.2) is 152 Å². The Labute approximate surface area is 264 Å². The van der Waals surface area contributed by atoms with Gasteiger partial charge in [-0.25, -0.2) is 9.97 Å². The van der Waals surface area contributed by atoms with Gasteiger partial charge in [-0.2, -0.15) is 0 Å². The first-order valence-corrected chi connectivity index (χ1v) is 15.4. The van der Waals surface area contributed by atoms with Crippen LogP contribution in [-0.4, -0.2) is 15.0 Å². The molecule has 2 aromatic heterocycles. The minimum absolute atomic E-state index is 0.0905. The Morgan fingerprint density at radius 3 is 1.84 bits per heavy atom. The lowest BCUT2D eigenvalue weighted by Crippen LogP contribution is -2.14.